The number of nitrogens with two attached hydrogens (primary N) is 1. The highest BCUT2D eigenvalue weighted by molar-refractivity contribution is 5.85. The number of nitrogens with zero attached hydrogens (tertiary/aromatic N) is 2. The molecule has 0 atom stereocenters. The van der Waals surface area contributed by atoms with Crippen LogP contribution in [0.4, 0.5) is 0 Å². The Morgan fingerprint density at radius 2 is 1.55 bits per heavy atom. The predicted molar refractivity (Wildman–Crippen MR) is 88.3 cm³/mol. The third-order valence-corrected chi connectivity index (χ3v) is 3.01. The van der Waals surface area contributed by atoms with Gasteiger partial charge in [-0.05, 0) is 30.8 Å². The van der Waals surface area contributed by atoms with Crippen LogP contribution < -0.4 is 5.73 Å². The highest BCUT2D eigenvalue weighted by Crippen LogP contribution is 2.21. The summed E-state index contributed by atoms with van der Waals surface area (Å²) >= 11 is 0. The Morgan fingerprint density at radius 3 is 2.25 bits per heavy atom. The Balaban J connectivity index is 0.000001000. The second kappa shape index (κ2) is 7.29. The van der Waals surface area contributed by atoms with Crippen LogP contribution in [0.15, 0.2) is 54.6 Å². The lowest BCUT2D eigenvalue weighted by atomic mass is 10.2. The van der Waals surface area contributed by atoms with E-state index in [1.165, 1.54) is 0 Å². The number of para-hydroxylation sites is 3. The van der Waals surface area contributed by atoms with E-state index in [0.717, 1.165) is 29.0 Å². The van der Waals surface area contributed by atoms with E-state index >= 15 is 0 Å². The van der Waals surface area contributed by atoms with Gasteiger partial charge in [0.25, 0.3) is 0 Å². The Morgan fingerprint density at radius 1 is 0.900 bits per heavy atom. The average Bonchev–Trinajstić information content (AvgIpc) is 2.78. The van der Waals surface area contributed by atoms with Gasteiger partial charge in [-0.3, -0.25) is 4.57 Å². The van der Waals surface area contributed by atoms with Crippen LogP contribution in [0, 0.1) is 0 Å². The van der Waals surface area contributed by atoms with Crippen LogP contribution in [0.2, 0.25) is 0 Å². The lowest BCUT2D eigenvalue weighted by Gasteiger charge is -2.08. The molecule has 0 saturated heterocycles. The molecule has 1 aromatic heterocycles. The van der Waals surface area contributed by atoms with Crippen LogP contribution in [0.1, 0.15) is 5.82 Å². The number of imidazole rings is 1. The quantitative estimate of drug-likeness (QED) is 0.806. The molecule has 2 N–H and O–H groups in total. The molecule has 0 aliphatic carbocycles. The minimum Gasteiger partial charge on any atom is -0.330 e. The minimum absolute atomic E-state index is 0. The summed E-state index contributed by atoms with van der Waals surface area (Å²) in [6, 6.07) is 18.5. The Kier molecular flexibility index (Phi) is 6.02. The third-order valence-electron chi connectivity index (χ3n) is 3.01. The summed E-state index contributed by atoms with van der Waals surface area (Å²) in [4.78, 5) is 4.66. The molecule has 0 saturated carbocycles. The molecule has 1 heterocycles. The molecule has 106 valence electrons. The number of aromatic nitrogens is 2. The first-order valence-corrected chi connectivity index (χ1v) is 6.12. The molecule has 0 aliphatic heterocycles. The van der Waals surface area contributed by atoms with Crippen LogP contribution >= 0.6 is 24.8 Å². The van der Waals surface area contributed by atoms with Crippen LogP contribution in [-0.4, -0.2) is 16.1 Å². The van der Waals surface area contributed by atoms with Crippen molar-refractivity contribution in [3.63, 3.8) is 0 Å². The van der Waals surface area contributed by atoms with Crippen molar-refractivity contribution in [3.8, 4) is 5.69 Å². The van der Waals surface area contributed by atoms with E-state index in [1.807, 2.05) is 36.4 Å². The fourth-order valence-corrected chi connectivity index (χ4v) is 2.24. The van der Waals surface area contributed by atoms with Gasteiger partial charge in [0.15, 0.2) is 0 Å². The molecular weight excluding hydrogens is 293 g/mol. The van der Waals surface area contributed by atoms with Crippen molar-refractivity contribution < 1.29 is 0 Å². The van der Waals surface area contributed by atoms with Crippen molar-refractivity contribution in [2.75, 3.05) is 6.54 Å². The van der Waals surface area contributed by atoms with E-state index in [0.29, 0.717) is 6.54 Å². The van der Waals surface area contributed by atoms with Gasteiger partial charge >= 0.3 is 0 Å². The monoisotopic (exact) mass is 309 g/mol. The maximum Gasteiger partial charge on any atom is 0.115 e. The SMILES string of the molecule is Cl.Cl.NCCc1nc2ccccc2n1-c1ccccc1. The second-order valence-electron chi connectivity index (χ2n) is 4.23. The summed E-state index contributed by atoms with van der Waals surface area (Å²) in [5.41, 5.74) is 8.96. The lowest BCUT2D eigenvalue weighted by molar-refractivity contribution is 0.848. The maximum absolute atomic E-state index is 5.68. The first-order chi connectivity index (χ1) is 8.90. The molecule has 0 fully saturated rings. The van der Waals surface area contributed by atoms with E-state index in [4.69, 9.17) is 5.73 Å². The zero-order chi connectivity index (χ0) is 12.4. The molecule has 0 aliphatic rings. The van der Waals surface area contributed by atoms with Gasteiger partial charge in [-0.25, -0.2) is 4.98 Å². The van der Waals surface area contributed by atoms with E-state index in [1.54, 1.807) is 0 Å². The summed E-state index contributed by atoms with van der Waals surface area (Å²) in [6.07, 6.45) is 0.781. The van der Waals surface area contributed by atoms with Gasteiger partial charge in [-0.1, -0.05) is 30.3 Å². The highest BCUT2D eigenvalue weighted by Gasteiger charge is 2.10. The van der Waals surface area contributed by atoms with Gasteiger partial charge < -0.3 is 5.73 Å². The van der Waals surface area contributed by atoms with Crippen LogP contribution in [-0.2, 0) is 6.42 Å². The Bertz CT molecular complexity index is 665. The smallest absolute Gasteiger partial charge is 0.115 e. The summed E-state index contributed by atoms with van der Waals surface area (Å²) < 4.78 is 2.18. The lowest BCUT2D eigenvalue weighted by Crippen LogP contribution is -2.08. The molecular formula is C15H17Cl2N3. The Hall–Kier alpha value is -1.55. The van der Waals surface area contributed by atoms with Gasteiger partial charge in [0.1, 0.15) is 5.82 Å². The van der Waals surface area contributed by atoms with Gasteiger partial charge in [0.2, 0.25) is 0 Å². The molecule has 3 nitrogen and oxygen atoms in total. The maximum atomic E-state index is 5.68. The fourth-order valence-electron chi connectivity index (χ4n) is 2.24. The topological polar surface area (TPSA) is 43.8 Å². The standard InChI is InChI=1S/C15H15N3.2ClH/c16-11-10-15-17-13-8-4-5-9-14(13)18(15)12-6-2-1-3-7-12;;/h1-9H,10-11,16H2;2*1H. The largest absolute Gasteiger partial charge is 0.330 e. The van der Waals surface area contributed by atoms with Crippen molar-refractivity contribution in [1.29, 1.82) is 0 Å². The summed E-state index contributed by atoms with van der Waals surface area (Å²) in [6.45, 7) is 0.607. The first kappa shape index (κ1) is 16.5. The molecule has 0 amide bonds. The number of halogens is 2. The molecule has 0 radical (unpaired) electrons. The van der Waals surface area contributed by atoms with Crippen molar-refractivity contribution in [2.45, 2.75) is 6.42 Å². The highest BCUT2D eigenvalue weighted by atomic mass is 35.5. The molecule has 3 aromatic rings. The number of hydrogen-bond donors (Lipinski definition) is 1. The van der Waals surface area contributed by atoms with Crippen molar-refractivity contribution in [3.05, 3.63) is 60.4 Å². The summed E-state index contributed by atoms with van der Waals surface area (Å²) in [5.74, 6) is 1.02. The first-order valence-electron chi connectivity index (χ1n) is 6.12. The van der Waals surface area contributed by atoms with Gasteiger partial charge in [-0.2, -0.15) is 0 Å². The molecule has 2 aromatic carbocycles. The average molecular weight is 310 g/mol. The number of hydrogen-bond acceptors (Lipinski definition) is 2. The van der Waals surface area contributed by atoms with Crippen LogP contribution in [0.3, 0.4) is 0 Å². The number of benzene rings is 2. The third kappa shape index (κ3) is 2.96. The van der Waals surface area contributed by atoms with E-state index in [9.17, 15) is 0 Å². The zero-order valence-corrected chi connectivity index (χ0v) is 12.5. The second-order valence-corrected chi connectivity index (χ2v) is 4.23. The van der Waals surface area contributed by atoms with Crippen LogP contribution in [0.25, 0.3) is 16.7 Å². The minimum atomic E-state index is 0. The van der Waals surface area contributed by atoms with Crippen molar-refractivity contribution in [2.24, 2.45) is 5.73 Å². The van der Waals surface area contributed by atoms with Crippen molar-refractivity contribution >= 4 is 35.8 Å². The molecule has 0 bridgehead atoms. The fraction of sp³-hybridized carbons (Fsp3) is 0.133. The Labute approximate surface area is 130 Å². The summed E-state index contributed by atoms with van der Waals surface area (Å²) in [7, 11) is 0. The molecule has 3 rings (SSSR count). The molecule has 0 unspecified atom stereocenters. The van der Waals surface area contributed by atoms with E-state index < -0.39 is 0 Å². The molecule has 5 heteroatoms. The normalized spacial score (nSPS) is 9.85. The van der Waals surface area contributed by atoms with Crippen molar-refractivity contribution in [1.82, 2.24) is 9.55 Å². The number of fused-ring (bicyclic) bond motifs is 1. The van der Waals surface area contributed by atoms with Gasteiger partial charge in [0, 0.05) is 12.1 Å². The summed E-state index contributed by atoms with van der Waals surface area (Å²) in [5, 5.41) is 0. The van der Waals surface area contributed by atoms with E-state index in [-0.39, 0.29) is 24.8 Å². The number of rotatable bonds is 3. The van der Waals surface area contributed by atoms with Gasteiger partial charge in [-0.15, -0.1) is 24.8 Å². The van der Waals surface area contributed by atoms with Crippen LogP contribution in [0.5, 0.6) is 0 Å². The van der Waals surface area contributed by atoms with E-state index in [2.05, 4.69) is 27.8 Å². The zero-order valence-electron chi connectivity index (χ0n) is 10.9. The van der Waals surface area contributed by atoms with Gasteiger partial charge in [0.05, 0.1) is 11.0 Å². The predicted octanol–water partition coefficient (Wildman–Crippen LogP) is 3.37. The molecule has 0 spiro atoms. The molecule has 20 heavy (non-hydrogen) atoms.